The summed E-state index contributed by atoms with van der Waals surface area (Å²) in [7, 11) is 0. The Kier molecular flexibility index (Phi) is 15.8. The summed E-state index contributed by atoms with van der Waals surface area (Å²) < 4.78 is 0. The largest absolute Gasteiger partial charge is 0.370 e. The van der Waals surface area contributed by atoms with Crippen LogP contribution in [-0.2, 0) is 22.4 Å². The number of carbonyl (C=O) groups is 2. The normalized spacial score (nSPS) is 18.5. The molecule has 0 aromatic carbocycles. The zero-order chi connectivity index (χ0) is 41.0. The average molecular weight is 904 g/mol. The number of pyridine rings is 6. The van der Waals surface area contributed by atoms with Gasteiger partial charge in [0, 0.05) is 111 Å². The second-order valence-corrected chi connectivity index (χ2v) is 16.2. The van der Waals surface area contributed by atoms with Crippen molar-refractivity contribution in [1.82, 2.24) is 40.5 Å². The Hall–Kier alpha value is -5.57. The molecule has 0 spiro atoms. The summed E-state index contributed by atoms with van der Waals surface area (Å²) in [6.07, 6.45) is 10.7. The molecule has 4 aliphatic rings. The SMILES string of the molecule is Cc1cc(-c2ccc3c(n2)C(C(=O)NCCc2ccccn2)[C@H]2CCN3C2)ccn1.Cc1cc(-c2ccc3c(n2)C(C(=O)NCCc2ccccn2)[C@H]2CCN3C2)ccn1.Cl.S.S. The second-order valence-electron chi connectivity index (χ2n) is 16.2. The molecular formula is C48H55ClN10O2S2. The molecule has 2 fully saturated rings. The van der Waals surface area contributed by atoms with Crippen LogP contribution in [-0.4, -0.2) is 81.0 Å². The van der Waals surface area contributed by atoms with Gasteiger partial charge in [-0.3, -0.25) is 29.5 Å². The van der Waals surface area contributed by atoms with Gasteiger partial charge in [-0.25, -0.2) is 9.97 Å². The van der Waals surface area contributed by atoms with Crippen LogP contribution in [0.5, 0.6) is 0 Å². The van der Waals surface area contributed by atoms with Gasteiger partial charge >= 0.3 is 0 Å². The number of rotatable bonds is 10. The van der Waals surface area contributed by atoms with Crippen LogP contribution < -0.4 is 20.4 Å². The van der Waals surface area contributed by atoms with Gasteiger partial charge in [-0.1, -0.05) is 12.1 Å². The second kappa shape index (κ2) is 21.2. The number of anilines is 2. The number of hydrogen-bond donors (Lipinski definition) is 2. The molecule has 63 heavy (non-hydrogen) atoms. The lowest BCUT2D eigenvalue weighted by Gasteiger charge is -2.32. The van der Waals surface area contributed by atoms with Crippen molar-refractivity contribution in [1.29, 1.82) is 0 Å². The zero-order valence-corrected chi connectivity index (χ0v) is 38.4. The van der Waals surface area contributed by atoms with Gasteiger partial charge in [0.2, 0.25) is 11.8 Å². The third-order valence-electron chi connectivity index (χ3n) is 12.2. The molecule has 0 saturated carbocycles. The number of nitrogens with one attached hydrogen (secondary N) is 2. The smallest absolute Gasteiger partial charge is 0.229 e. The fourth-order valence-electron chi connectivity index (χ4n) is 9.28. The van der Waals surface area contributed by atoms with Crippen molar-refractivity contribution in [3.05, 3.63) is 144 Å². The predicted molar refractivity (Wildman–Crippen MR) is 260 cm³/mol. The summed E-state index contributed by atoms with van der Waals surface area (Å²) in [5.41, 5.74) is 11.8. The van der Waals surface area contributed by atoms with Gasteiger partial charge in [-0.15, -0.1) is 12.4 Å². The minimum atomic E-state index is -0.203. The van der Waals surface area contributed by atoms with E-state index in [1.807, 2.05) is 74.5 Å². The number of halogens is 1. The van der Waals surface area contributed by atoms with Gasteiger partial charge in [0.1, 0.15) is 0 Å². The van der Waals surface area contributed by atoms with E-state index in [1.165, 1.54) is 0 Å². The molecule has 328 valence electrons. The van der Waals surface area contributed by atoms with Crippen molar-refractivity contribution < 1.29 is 9.59 Å². The van der Waals surface area contributed by atoms with E-state index in [0.29, 0.717) is 24.9 Å². The Bertz CT molecular complexity index is 2330. The molecule has 12 nitrogen and oxygen atoms in total. The predicted octanol–water partition coefficient (Wildman–Crippen LogP) is 6.91. The first-order chi connectivity index (χ1) is 29.4. The Balaban J connectivity index is 0.000000200. The summed E-state index contributed by atoms with van der Waals surface area (Å²) in [6, 6.07) is 28.1. The summed E-state index contributed by atoms with van der Waals surface area (Å²) in [5, 5.41) is 6.29. The first kappa shape index (κ1) is 46.9. The van der Waals surface area contributed by atoms with Crippen LogP contribution in [0, 0.1) is 25.7 Å². The van der Waals surface area contributed by atoms with Crippen molar-refractivity contribution in [2.45, 2.75) is 51.4 Å². The topological polar surface area (TPSA) is 142 Å². The number of hydrogen-bond acceptors (Lipinski definition) is 10. The van der Waals surface area contributed by atoms with Crippen molar-refractivity contribution in [2.75, 3.05) is 49.1 Å². The van der Waals surface area contributed by atoms with Crippen LogP contribution in [0.3, 0.4) is 0 Å². The molecule has 15 heteroatoms. The van der Waals surface area contributed by atoms with Crippen molar-refractivity contribution in [2.24, 2.45) is 11.8 Å². The fourth-order valence-corrected chi connectivity index (χ4v) is 9.28. The highest BCUT2D eigenvalue weighted by molar-refractivity contribution is 7.59. The molecule has 4 atom stereocenters. The molecule has 0 aliphatic carbocycles. The summed E-state index contributed by atoms with van der Waals surface area (Å²) in [5.74, 6) is 0.378. The third kappa shape index (κ3) is 10.5. The lowest BCUT2D eigenvalue weighted by atomic mass is 9.84. The molecule has 2 N–H and O–H groups in total. The molecule has 10 rings (SSSR count). The van der Waals surface area contributed by atoms with E-state index in [9.17, 15) is 9.59 Å². The molecule has 2 saturated heterocycles. The Morgan fingerprint density at radius 1 is 0.587 bits per heavy atom. The molecule has 10 heterocycles. The Morgan fingerprint density at radius 2 is 1.03 bits per heavy atom. The van der Waals surface area contributed by atoms with E-state index >= 15 is 0 Å². The molecule has 6 aromatic heterocycles. The van der Waals surface area contributed by atoms with Crippen LogP contribution in [0.4, 0.5) is 11.4 Å². The lowest BCUT2D eigenvalue weighted by Crippen LogP contribution is -2.39. The maximum Gasteiger partial charge on any atom is 0.229 e. The van der Waals surface area contributed by atoms with E-state index in [1.54, 1.807) is 24.8 Å². The number of amides is 2. The van der Waals surface area contributed by atoms with Gasteiger partial charge in [-0.05, 0) is 111 Å². The number of aryl methyl sites for hydroxylation is 2. The number of fused-ring (bicyclic) bond motifs is 8. The summed E-state index contributed by atoms with van der Waals surface area (Å²) >= 11 is 0. The van der Waals surface area contributed by atoms with Gasteiger partial charge in [0.15, 0.2) is 0 Å². The van der Waals surface area contributed by atoms with Gasteiger partial charge < -0.3 is 20.4 Å². The number of nitrogens with zero attached hydrogens (tertiary/aromatic N) is 8. The van der Waals surface area contributed by atoms with Gasteiger partial charge in [0.05, 0.1) is 46.0 Å². The highest BCUT2D eigenvalue weighted by Gasteiger charge is 2.44. The van der Waals surface area contributed by atoms with Crippen molar-refractivity contribution in [3.8, 4) is 22.5 Å². The van der Waals surface area contributed by atoms with E-state index in [2.05, 4.69) is 64.6 Å². The lowest BCUT2D eigenvalue weighted by molar-refractivity contribution is -0.124. The molecule has 6 aromatic rings. The van der Waals surface area contributed by atoms with Crippen LogP contribution in [0.1, 0.15) is 58.8 Å². The average Bonchev–Trinajstić information content (AvgIpc) is 3.90. The molecule has 0 radical (unpaired) electrons. The number of carbonyl (C=O) groups excluding carboxylic acids is 2. The van der Waals surface area contributed by atoms with E-state index in [4.69, 9.17) is 9.97 Å². The van der Waals surface area contributed by atoms with Gasteiger partial charge in [-0.2, -0.15) is 27.0 Å². The highest BCUT2D eigenvalue weighted by Crippen LogP contribution is 2.45. The fraction of sp³-hybridized carbons (Fsp3) is 0.333. The molecule has 2 unspecified atom stereocenters. The number of aromatic nitrogens is 6. The molecule has 4 bridgehead atoms. The Labute approximate surface area is 389 Å². The maximum atomic E-state index is 13.2. The van der Waals surface area contributed by atoms with Crippen LogP contribution in [0.25, 0.3) is 22.5 Å². The third-order valence-corrected chi connectivity index (χ3v) is 12.2. The minimum absolute atomic E-state index is 0. The highest BCUT2D eigenvalue weighted by atomic mass is 35.5. The Morgan fingerprint density at radius 3 is 1.43 bits per heavy atom. The van der Waals surface area contributed by atoms with Crippen molar-refractivity contribution >= 4 is 62.6 Å². The monoisotopic (exact) mass is 902 g/mol. The first-order valence-electron chi connectivity index (χ1n) is 21.1. The molecule has 2 amide bonds. The van der Waals surface area contributed by atoms with E-state index in [0.717, 1.165) is 120 Å². The molecular weight excluding hydrogens is 848 g/mol. The van der Waals surface area contributed by atoms with Crippen LogP contribution in [0.15, 0.2) is 110 Å². The van der Waals surface area contributed by atoms with Crippen LogP contribution in [0.2, 0.25) is 0 Å². The van der Waals surface area contributed by atoms with Crippen LogP contribution >= 0.6 is 39.4 Å². The van der Waals surface area contributed by atoms with E-state index < -0.39 is 0 Å². The molecule has 4 aliphatic heterocycles. The van der Waals surface area contributed by atoms with Gasteiger partial charge in [0.25, 0.3) is 0 Å². The summed E-state index contributed by atoms with van der Waals surface area (Å²) in [6.45, 7) is 8.97. The van der Waals surface area contributed by atoms with E-state index in [-0.39, 0.29) is 63.0 Å². The maximum absolute atomic E-state index is 13.2. The van der Waals surface area contributed by atoms with Crippen molar-refractivity contribution in [3.63, 3.8) is 0 Å². The summed E-state index contributed by atoms with van der Waals surface area (Å²) in [4.78, 5) is 58.4. The quantitative estimate of drug-likeness (QED) is 0.149. The standard InChI is InChI=1S/2C24H25N5O.ClH.2H2S/c2*1-16-14-17(7-11-25-16)20-5-6-21-23(28-20)22(18-9-13-29(21)15-18)24(30)27-12-8-19-4-2-3-10-26-19;;;/h2*2-7,10-11,14,18,22H,8-9,12-13,15H2,1H3,(H,27,30);1H;2*1H2/t2*18-,22?;;;/m00.../s1. The first-order valence-corrected chi connectivity index (χ1v) is 21.1. The zero-order valence-electron chi connectivity index (χ0n) is 35.6. The minimum Gasteiger partial charge on any atom is -0.370 e.